The van der Waals surface area contributed by atoms with Gasteiger partial charge in [0.05, 0.1) is 12.0 Å². The summed E-state index contributed by atoms with van der Waals surface area (Å²) in [6, 6.07) is 12.2. The molecule has 0 saturated heterocycles. The van der Waals surface area contributed by atoms with E-state index in [0.29, 0.717) is 24.7 Å². The number of hydrogen-bond acceptors (Lipinski definition) is 7. The van der Waals surface area contributed by atoms with Gasteiger partial charge in [-0.05, 0) is 29.8 Å². The zero-order chi connectivity index (χ0) is 19.1. The third kappa shape index (κ3) is 4.69. The van der Waals surface area contributed by atoms with Gasteiger partial charge in [-0.1, -0.05) is 12.1 Å². The lowest BCUT2D eigenvalue weighted by atomic mass is 10.2. The fraction of sp³-hybridized carbons (Fsp3) is 0.158. The van der Waals surface area contributed by atoms with Crippen molar-refractivity contribution in [3.8, 4) is 11.5 Å². The third-order valence-electron chi connectivity index (χ3n) is 3.79. The maximum atomic E-state index is 11.1. The number of nitro groups is 1. The molecule has 1 N–H and O–H groups in total. The Morgan fingerprint density at radius 1 is 1.11 bits per heavy atom. The number of ether oxygens (including phenoxy) is 2. The van der Waals surface area contributed by atoms with Crippen LogP contribution in [0.15, 0.2) is 61.1 Å². The first-order chi connectivity index (χ1) is 13.2. The molecule has 8 nitrogen and oxygen atoms in total. The van der Waals surface area contributed by atoms with E-state index in [2.05, 4.69) is 15.3 Å². The van der Waals surface area contributed by atoms with Gasteiger partial charge >= 0.3 is 5.69 Å². The molecule has 0 aliphatic carbocycles. The second-order valence-corrected chi connectivity index (χ2v) is 5.62. The number of benzene rings is 1. The number of aromatic nitrogens is 2. The van der Waals surface area contributed by atoms with Crippen molar-refractivity contribution >= 4 is 11.5 Å². The molecular weight excluding hydrogens is 348 g/mol. The summed E-state index contributed by atoms with van der Waals surface area (Å²) in [5.74, 6) is 1.40. The summed E-state index contributed by atoms with van der Waals surface area (Å²) in [6.45, 7) is 0.735. The van der Waals surface area contributed by atoms with E-state index in [-0.39, 0.29) is 11.5 Å². The van der Waals surface area contributed by atoms with Gasteiger partial charge in [-0.3, -0.25) is 15.1 Å². The van der Waals surface area contributed by atoms with Crippen molar-refractivity contribution in [2.75, 3.05) is 12.4 Å². The van der Waals surface area contributed by atoms with E-state index in [1.807, 2.05) is 24.3 Å². The van der Waals surface area contributed by atoms with Gasteiger partial charge in [-0.2, -0.15) is 0 Å². The molecule has 2 heterocycles. The Morgan fingerprint density at radius 3 is 2.70 bits per heavy atom. The molecule has 0 aliphatic heterocycles. The molecule has 0 saturated carbocycles. The van der Waals surface area contributed by atoms with Crippen LogP contribution in [0.4, 0.5) is 11.5 Å². The van der Waals surface area contributed by atoms with Gasteiger partial charge in [0.15, 0.2) is 11.5 Å². The summed E-state index contributed by atoms with van der Waals surface area (Å²) in [4.78, 5) is 18.7. The smallest absolute Gasteiger partial charge is 0.311 e. The highest BCUT2D eigenvalue weighted by Crippen LogP contribution is 2.29. The Kier molecular flexibility index (Phi) is 5.78. The predicted octanol–water partition coefficient (Wildman–Crippen LogP) is 3.58. The summed E-state index contributed by atoms with van der Waals surface area (Å²) in [7, 11) is 1.56. The van der Waals surface area contributed by atoms with E-state index in [9.17, 15) is 10.1 Å². The summed E-state index contributed by atoms with van der Waals surface area (Å²) >= 11 is 0. The first-order valence-electron chi connectivity index (χ1n) is 8.19. The van der Waals surface area contributed by atoms with E-state index >= 15 is 0 Å². The molecule has 2 aromatic heterocycles. The van der Waals surface area contributed by atoms with Crippen molar-refractivity contribution in [1.29, 1.82) is 0 Å². The average molecular weight is 366 g/mol. The molecule has 138 valence electrons. The van der Waals surface area contributed by atoms with Crippen LogP contribution >= 0.6 is 0 Å². The van der Waals surface area contributed by atoms with Gasteiger partial charge in [0, 0.05) is 36.8 Å². The summed E-state index contributed by atoms with van der Waals surface area (Å²) in [5.41, 5.74) is 1.76. The number of hydrogen-bond donors (Lipinski definition) is 1. The van der Waals surface area contributed by atoms with Crippen molar-refractivity contribution in [3.05, 3.63) is 82.3 Å². The predicted molar refractivity (Wildman–Crippen MR) is 99.8 cm³/mol. The van der Waals surface area contributed by atoms with Crippen LogP contribution in [0.5, 0.6) is 11.5 Å². The minimum atomic E-state index is -0.467. The quantitative estimate of drug-likeness (QED) is 0.480. The topological polar surface area (TPSA) is 99.4 Å². The lowest BCUT2D eigenvalue weighted by Crippen LogP contribution is -2.05. The number of pyridine rings is 2. The zero-order valence-electron chi connectivity index (χ0n) is 14.7. The molecule has 1 aromatic carbocycles. The molecule has 27 heavy (non-hydrogen) atoms. The number of nitrogens with one attached hydrogen (secondary N) is 1. The second kappa shape index (κ2) is 8.61. The van der Waals surface area contributed by atoms with E-state index in [0.717, 1.165) is 11.1 Å². The van der Waals surface area contributed by atoms with Crippen LogP contribution in [0.1, 0.15) is 11.1 Å². The van der Waals surface area contributed by atoms with Crippen LogP contribution in [0.2, 0.25) is 0 Å². The molecule has 0 aliphatic rings. The van der Waals surface area contributed by atoms with Gasteiger partial charge in [-0.15, -0.1) is 0 Å². The summed E-state index contributed by atoms with van der Waals surface area (Å²) in [6.07, 6.45) is 4.95. The maximum Gasteiger partial charge on any atom is 0.311 e. The van der Waals surface area contributed by atoms with Crippen LogP contribution in [0.25, 0.3) is 0 Å². The SMILES string of the molecule is COc1cc(CNc2ncccc2[N+](=O)[O-])ccc1OCc1cccnc1. The maximum absolute atomic E-state index is 11.1. The highest BCUT2D eigenvalue weighted by atomic mass is 16.6. The average Bonchev–Trinajstić information content (AvgIpc) is 2.71. The van der Waals surface area contributed by atoms with E-state index in [4.69, 9.17) is 9.47 Å². The monoisotopic (exact) mass is 366 g/mol. The van der Waals surface area contributed by atoms with Crippen molar-refractivity contribution < 1.29 is 14.4 Å². The first kappa shape index (κ1) is 18.1. The molecule has 0 unspecified atom stereocenters. The van der Waals surface area contributed by atoms with Crippen molar-refractivity contribution in [1.82, 2.24) is 9.97 Å². The van der Waals surface area contributed by atoms with Crippen LogP contribution in [-0.2, 0) is 13.2 Å². The van der Waals surface area contributed by atoms with Gasteiger partial charge in [-0.25, -0.2) is 4.98 Å². The molecule has 8 heteroatoms. The fourth-order valence-corrected chi connectivity index (χ4v) is 2.45. The van der Waals surface area contributed by atoms with Crippen molar-refractivity contribution in [2.45, 2.75) is 13.2 Å². The van der Waals surface area contributed by atoms with E-state index in [1.54, 1.807) is 25.6 Å². The molecule has 3 aromatic rings. The Morgan fingerprint density at radius 2 is 1.96 bits per heavy atom. The van der Waals surface area contributed by atoms with E-state index < -0.39 is 4.92 Å². The van der Waals surface area contributed by atoms with Gasteiger partial charge in [0.25, 0.3) is 0 Å². The summed E-state index contributed by atoms with van der Waals surface area (Å²) < 4.78 is 11.2. The number of methoxy groups -OCH3 is 1. The zero-order valence-corrected chi connectivity index (χ0v) is 14.7. The van der Waals surface area contributed by atoms with E-state index in [1.165, 1.54) is 18.3 Å². The molecule has 0 fully saturated rings. The van der Waals surface area contributed by atoms with Crippen LogP contribution in [0, 0.1) is 10.1 Å². The highest BCUT2D eigenvalue weighted by molar-refractivity contribution is 5.55. The van der Waals surface area contributed by atoms with Crippen LogP contribution in [0.3, 0.4) is 0 Å². The van der Waals surface area contributed by atoms with Crippen LogP contribution in [-0.4, -0.2) is 22.0 Å². The Balaban J connectivity index is 1.68. The second-order valence-electron chi connectivity index (χ2n) is 5.62. The lowest BCUT2D eigenvalue weighted by Gasteiger charge is -2.13. The van der Waals surface area contributed by atoms with Gasteiger partial charge < -0.3 is 14.8 Å². The van der Waals surface area contributed by atoms with Crippen LogP contribution < -0.4 is 14.8 Å². The lowest BCUT2D eigenvalue weighted by molar-refractivity contribution is -0.384. The third-order valence-corrected chi connectivity index (χ3v) is 3.79. The standard InChI is InChI=1S/C19H18N4O4/c1-26-18-10-14(12-22-19-16(23(24)25)5-3-9-21-19)6-7-17(18)27-13-15-4-2-8-20-11-15/h2-11H,12-13H2,1H3,(H,21,22). The molecule has 0 radical (unpaired) electrons. The van der Waals surface area contributed by atoms with Crippen molar-refractivity contribution in [2.24, 2.45) is 0 Å². The van der Waals surface area contributed by atoms with Gasteiger partial charge in [0.2, 0.25) is 5.82 Å². The summed E-state index contributed by atoms with van der Waals surface area (Å²) in [5, 5.41) is 14.0. The Bertz CT molecular complexity index is 919. The molecule has 0 spiro atoms. The highest BCUT2D eigenvalue weighted by Gasteiger charge is 2.14. The Hall–Kier alpha value is -3.68. The number of anilines is 1. The first-order valence-corrected chi connectivity index (χ1v) is 8.19. The van der Waals surface area contributed by atoms with Crippen molar-refractivity contribution in [3.63, 3.8) is 0 Å². The Labute approximate surface area is 156 Å². The molecule has 3 rings (SSSR count). The normalized spacial score (nSPS) is 10.3. The molecule has 0 atom stereocenters. The number of nitrogens with zero attached hydrogens (tertiary/aromatic N) is 3. The largest absolute Gasteiger partial charge is 0.493 e. The molecular formula is C19H18N4O4. The fourth-order valence-electron chi connectivity index (χ4n) is 2.45. The minimum absolute atomic E-state index is 0.0686. The molecule has 0 amide bonds. The number of rotatable bonds is 8. The molecule has 0 bridgehead atoms. The minimum Gasteiger partial charge on any atom is -0.493 e. The van der Waals surface area contributed by atoms with Gasteiger partial charge in [0.1, 0.15) is 6.61 Å².